The Morgan fingerprint density at radius 3 is 2.80 bits per heavy atom. The summed E-state index contributed by atoms with van der Waals surface area (Å²) < 4.78 is 1.63. The van der Waals surface area contributed by atoms with Crippen LogP contribution in [0.4, 0.5) is 11.5 Å². The number of amides is 1. The van der Waals surface area contributed by atoms with Gasteiger partial charge >= 0.3 is 0 Å². The summed E-state index contributed by atoms with van der Waals surface area (Å²) in [6.07, 6.45) is 2.66. The van der Waals surface area contributed by atoms with Gasteiger partial charge in [0.2, 0.25) is 0 Å². The maximum absolute atomic E-state index is 12.4. The lowest BCUT2D eigenvalue weighted by Crippen LogP contribution is -2.17. The highest BCUT2D eigenvalue weighted by molar-refractivity contribution is 6.07. The summed E-state index contributed by atoms with van der Waals surface area (Å²) in [5.74, 6) is 0.546. The van der Waals surface area contributed by atoms with Gasteiger partial charge in [0.15, 0.2) is 0 Å². The summed E-state index contributed by atoms with van der Waals surface area (Å²) >= 11 is 0. The molecule has 5 nitrogen and oxygen atoms in total. The van der Waals surface area contributed by atoms with Gasteiger partial charge in [0.25, 0.3) is 5.91 Å². The number of aromatic nitrogens is 2. The highest BCUT2D eigenvalue weighted by atomic mass is 16.1. The number of hydrogen-bond acceptors (Lipinski definition) is 3. The largest absolute Gasteiger partial charge is 0.384 e. The Balaban J connectivity index is 2.22. The van der Waals surface area contributed by atoms with E-state index in [2.05, 4.69) is 22.7 Å². The number of nitrogens with zero attached hydrogens (tertiary/aromatic N) is 2. The average Bonchev–Trinajstić information content (AvgIpc) is 2.82. The van der Waals surface area contributed by atoms with E-state index in [1.807, 2.05) is 25.1 Å². The third-order valence-corrected chi connectivity index (χ3v) is 3.05. The van der Waals surface area contributed by atoms with Crippen molar-refractivity contribution in [1.82, 2.24) is 9.78 Å². The van der Waals surface area contributed by atoms with Crippen molar-refractivity contribution in [3.05, 3.63) is 41.6 Å². The molecule has 1 amide bonds. The van der Waals surface area contributed by atoms with Crippen LogP contribution >= 0.6 is 0 Å². The number of carbonyl (C=O) groups excluding carboxylic acids is 1. The van der Waals surface area contributed by atoms with E-state index in [9.17, 15) is 4.79 Å². The number of anilines is 2. The smallest absolute Gasteiger partial charge is 0.258 e. The molecular weight excluding hydrogens is 252 g/mol. The first-order valence-electron chi connectivity index (χ1n) is 6.75. The molecule has 0 atom stereocenters. The average molecular weight is 272 g/mol. The fraction of sp³-hybridized carbons (Fsp3) is 0.333. The first-order chi connectivity index (χ1) is 9.61. The van der Waals surface area contributed by atoms with Crippen LogP contribution in [0, 0.1) is 6.92 Å². The van der Waals surface area contributed by atoms with Crippen molar-refractivity contribution in [2.45, 2.75) is 20.3 Å². The van der Waals surface area contributed by atoms with Gasteiger partial charge in [0, 0.05) is 25.3 Å². The standard InChI is InChI=1S/C15H20N4O/c1-4-8-16-13-10-11(2)5-6-12(13)15(20)18-14-7-9-17-19(14)3/h5-7,9-10,16H,4,8H2,1-3H3,(H,18,20). The molecule has 20 heavy (non-hydrogen) atoms. The molecule has 0 radical (unpaired) electrons. The Labute approximate surface area is 119 Å². The second-order valence-corrected chi connectivity index (χ2v) is 4.77. The highest BCUT2D eigenvalue weighted by Gasteiger charge is 2.13. The van der Waals surface area contributed by atoms with Crippen molar-refractivity contribution in [1.29, 1.82) is 0 Å². The molecule has 1 aromatic carbocycles. The summed E-state index contributed by atoms with van der Waals surface area (Å²) in [5.41, 5.74) is 2.64. The van der Waals surface area contributed by atoms with Crippen LogP contribution in [0.25, 0.3) is 0 Å². The molecule has 5 heteroatoms. The molecule has 0 unspecified atom stereocenters. The van der Waals surface area contributed by atoms with Crippen LogP contribution in [0.1, 0.15) is 29.3 Å². The topological polar surface area (TPSA) is 59.0 Å². The molecule has 0 aliphatic rings. The molecule has 0 saturated carbocycles. The van der Waals surface area contributed by atoms with Crippen molar-refractivity contribution in [3.8, 4) is 0 Å². The van der Waals surface area contributed by atoms with Crippen molar-refractivity contribution in [3.63, 3.8) is 0 Å². The maximum atomic E-state index is 12.4. The Hall–Kier alpha value is -2.30. The van der Waals surface area contributed by atoms with Gasteiger partial charge in [-0.1, -0.05) is 13.0 Å². The van der Waals surface area contributed by atoms with Crippen molar-refractivity contribution < 1.29 is 4.79 Å². The fourth-order valence-electron chi connectivity index (χ4n) is 1.94. The lowest BCUT2D eigenvalue weighted by Gasteiger charge is -2.12. The van der Waals surface area contributed by atoms with Gasteiger partial charge in [-0.2, -0.15) is 5.10 Å². The molecule has 106 valence electrons. The number of benzene rings is 1. The molecule has 1 heterocycles. The minimum Gasteiger partial charge on any atom is -0.384 e. The number of hydrogen-bond donors (Lipinski definition) is 2. The number of carbonyl (C=O) groups is 1. The Morgan fingerprint density at radius 1 is 1.35 bits per heavy atom. The Kier molecular flexibility index (Phi) is 4.40. The van der Waals surface area contributed by atoms with Crippen molar-refractivity contribution in [2.75, 3.05) is 17.2 Å². The summed E-state index contributed by atoms with van der Waals surface area (Å²) in [5, 5.41) is 10.2. The van der Waals surface area contributed by atoms with Crippen LogP contribution in [0.2, 0.25) is 0 Å². The molecule has 0 aliphatic heterocycles. The molecule has 2 rings (SSSR count). The molecule has 0 aliphatic carbocycles. The van der Waals surface area contributed by atoms with Gasteiger partial charge in [-0.25, -0.2) is 0 Å². The van der Waals surface area contributed by atoms with Crippen LogP contribution in [0.3, 0.4) is 0 Å². The minimum absolute atomic E-state index is 0.132. The van der Waals surface area contributed by atoms with Crippen LogP contribution in [-0.4, -0.2) is 22.2 Å². The molecular formula is C15H20N4O. The highest BCUT2D eigenvalue weighted by Crippen LogP contribution is 2.19. The SMILES string of the molecule is CCCNc1cc(C)ccc1C(=O)Nc1ccnn1C. The Morgan fingerprint density at radius 2 is 2.15 bits per heavy atom. The molecule has 0 saturated heterocycles. The predicted molar refractivity (Wildman–Crippen MR) is 81.1 cm³/mol. The molecule has 2 N–H and O–H groups in total. The molecule has 2 aromatic rings. The maximum Gasteiger partial charge on any atom is 0.258 e. The first kappa shape index (κ1) is 14.1. The monoisotopic (exact) mass is 272 g/mol. The first-order valence-corrected chi connectivity index (χ1v) is 6.75. The zero-order valence-electron chi connectivity index (χ0n) is 12.1. The molecule has 0 bridgehead atoms. The van der Waals surface area contributed by atoms with Crippen molar-refractivity contribution in [2.24, 2.45) is 7.05 Å². The van der Waals surface area contributed by atoms with E-state index >= 15 is 0 Å². The van der Waals surface area contributed by atoms with Gasteiger partial charge in [0.05, 0.1) is 11.8 Å². The zero-order valence-corrected chi connectivity index (χ0v) is 12.1. The van der Waals surface area contributed by atoms with Gasteiger partial charge in [-0.3, -0.25) is 9.48 Å². The summed E-state index contributed by atoms with van der Waals surface area (Å²) in [4.78, 5) is 12.4. The van der Waals surface area contributed by atoms with Gasteiger partial charge in [0.1, 0.15) is 5.82 Å². The number of rotatable bonds is 5. The van der Waals surface area contributed by atoms with Crippen LogP contribution in [-0.2, 0) is 7.05 Å². The lowest BCUT2D eigenvalue weighted by atomic mass is 10.1. The third-order valence-electron chi connectivity index (χ3n) is 3.05. The quantitative estimate of drug-likeness (QED) is 0.880. The number of nitrogens with one attached hydrogen (secondary N) is 2. The fourth-order valence-corrected chi connectivity index (χ4v) is 1.94. The van der Waals surface area contributed by atoms with Crippen LogP contribution in [0.15, 0.2) is 30.5 Å². The predicted octanol–water partition coefficient (Wildman–Crippen LogP) is 2.80. The summed E-state index contributed by atoms with van der Waals surface area (Å²) in [7, 11) is 1.79. The van der Waals surface area contributed by atoms with Crippen molar-refractivity contribution >= 4 is 17.4 Å². The van der Waals surface area contributed by atoms with E-state index < -0.39 is 0 Å². The molecule has 1 aromatic heterocycles. The van der Waals surface area contributed by atoms with Crippen LogP contribution in [0.5, 0.6) is 0 Å². The second kappa shape index (κ2) is 6.23. The molecule has 0 fully saturated rings. The van der Waals surface area contributed by atoms with Gasteiger partial charge in [-0.15, -0.1) is 0 Å². The normalized spacial score (nSPS) is 10.3. The van der Waals surface area contributed by atoms with E-state index in [0.29, 0.717) is 11.4 Å². The summed E-state index contributed by atoms with van der Waals surface area (Å²) in [6, 6.07) is 7.55. The van der Waals surface area contributed by atoms with E-state index in [1.165, 1.54) is 0 Å². The zero-order chi connectivity index (χ0) is 14.5. The minimum atomic E-state index is -0.132. The van der Waals surface area contributed by atoms with E-state index in [0.717, 1.165) is 24.2 Å². The Bertz CT molecular complexity index is 604. The lowest BCUT2D eigenvalue weighted by molar-refractivity contribution is 0.102. The second-order valence-electron chi connectivity index (χ2n) is 4.77. The van der Waals surface area contributed by atoms with E-state index in [-0.39, 0.29) is 5.91 Å². The summed E-state index contributed by atoms with van der Waals surface area (Å²) in [6.45, 7) is 4.95. The van der Waals surface area contributed by atoms with Gasteiger partial charge in [-0.05, 0) is 31.0 Å². The third kappa shape index (κ3) is 3.17. The molecule has 0 spiro atoms. The number of aryl methyl sites for hydroxylation is 2. The van der Waals surface area contributed by atoms with E-state index in [1.54, 1.807) is 24.0 Å². The van der Waals surface area contributed by atoms with Gasteiger partial charge < -0.3 is 10.6 Å². The van der Waals surface area contributed by atoms with E-state index in [4.69, 9.17) is 0 Å². The van der Waals surface area contributed by atoms with Crippen LogP contribution < -0.4 is 10.6 Å².